The normalized spacial score (nSPS) is 9.73. The Hall–Kier alpha value is -0.320. The molecule has 2 nitrogen and oxygen atoms in total. The van der Waals surface area contributed by atoms with Crippen LogP contribution in [0, 0.1) is 0 Å². The van der Waals surface area contributed by atoms with Gasteiger partial charge in [0.15, 0.2) is 0 Å². The first-order chi connectivity index (χ1) is 5.29. The van der Waals surface area contributed by atoms with Crippen molar-refractivity contribution < 1.29 is 0 Å². The smallest absolute Gasteiger partial charge is 0.0755 e. The fourth-order valence-corrected chi connectivity index (χ4v) is 1.77. The lowest BCUT2D eigenvalue weighted by atomic mass is 10.3. The van der Waals surface area contributed by atoms with E-state index in [1.54, 1.807) is 11.8 Å². The van der Waals surface area contributed by atoms with Crippen molar-refractivity contribution in [2.24, 2.45) is 5.84 Å². The maximum atomic E-state index is 5.31. The Morgan fingerprint density at radius 1 is 1.55 bits per heavy atom. The molecular formula is C7H10N2S2. The van der Waals surface area contributed by atoms with Crippen LogP contribution in [0.3, 0.4) is 0 Å². The predicted octanol–water partition coefficient (Wildman–Crippen LogP) is 1.98. The van der Waals surface area contributed by atoms with Gasteiger partial charge in [0.05, 0.1) is 5.69 Å². The minimum Gasteiger partial charge on any atom is -0.322 e. The quantitative estimate of drug-likeness (QED) is 0.286. The number of hydrazine groups is 1. The van der Waals surface area contributed by atoms with Crippen LogP contribution in [0.5, 0.6) is 0 Å². The fourth-order valence-electron chi connectivity index (χ4n) is 0.835. The number of anilines is 1. The number of benzene rings is 1. The van der Waals surface area contributed by atoms with Gasteiger partial charge in [-0.2, -0.15) is 0 Å². The van der Waals surface area contributed by atoms with Crippen LogP contribution >= 0.6 is 24.4 Å². The zero-order chi connectivity index (χ0) is 8.27. The maximum absolute atomic E-state index is 5.31. The van der Waals surface area contributed by atoms with Crippen LogP contribution in [-0.2, 0) is 0 Å². The van der Waals surface area contributed by atoms with Crippen LogP contribution < -0.4 is 11.3 Å². The van der Waals surface area contributed by atoms with Crippen LogP contribution in [0.15, 0.2) is 28.0 Å². The summed E-state index contributed by atoms with van der Waals surface area (Å²) >= 11 is 5.89. The topological polar surface area (TPSA) is 38.0 Å². The third-order valence-corrected chi connectivity index (χ3v) is 2.52. The molecule has 0 amide bonds. The van der Waals surface area contributed by atoms with E-state index >= 15 is 0 Å². The van der Waals surface area contributed by atoms with Gasteiger partial charge in [0.25, 0.3) is 0 Å². The molecule has 0 radical (unpaired) electrons. The molecule has 60 valence electrons. The lowest BCUT2D eigenvalue weighted by Gasteiger charge is -2.07. The first-order valence-corrected chi connectivity index (χ1v) is 4.79. The van der Waals surface area contributed by atoms with Crippen LogP contribution in [0.2, 0.25) is 0 Å². The number of hydrogen-bond acceptors (Lipinski definition) is 4. The molecule has 0 aliphatic rings. The number of thiol groups is 1. The van der Waals surface area contributed by atoms with Gasteiger partial charge >= 0.3 is 0 Å². The third kappa shape index (κ3) is 1.83. The van der Waals surface area contributed by atoms with Gasteiger partial charge in [-0.3, -0.25) is 5.84 Å². The molecule has 1 rings (SSSR count). The van der Waals surface area contributed by atoms with Gasteiger partial charge in [-0.1, -0.05) is 6.07 Å². The summed E-state index contributed by atoms with van der Waals surface area (Å²) in [6.07, 6.45) is 2.00. The van der Waals surface area contributed by atoms with Gasteiger partial charge in [-0.05, 0) is 18.4 Å². The Bertz CT molecular complexity index is 250. The van der Waals surface area contributed by atoms with Crippen molar-refractivity contribution in [1.82, 2.24) is 0 Å². The van der Waals surface area contributed by atoms with E-state index in [4.69, 9.17) is 5.84 Å². The molecule has 0 unspecified atom stereocenters. The maximum Gasteiger partial charge on any atom is 0.0755 e. The summed E-state index contributed by atoms with van der Waals surface area (Å²) in [5.74, 6) is 5.31. The first-order valence-electron chi connectivity index (χ1n) is 3.12. The first kappa shape index (κ1) is 8.77. The van der Waals surface area contributed by atoms with Crippen molar-refractivity contribution in [3.05, 3.63) is 18.2 Å². The Kier molecular flexibility index (Phi) is 3.11. The molecule has 0 aliphatic carbocycles. The minimum absolute atomic E-state index is 0.874. The van der Waals surface area contributed by atoms with E-state index in [9.17, 15) is 0 Å². The summed E-state index contributed by atoms with van der Waals surface area (Å²) in [5, 5.41) is 0. The molecule has 0 saturated heterocycles. The van der Waals surface area contributed by atoms with Gasteiger partial charge in [-0.15, -0.1) is 24.4 Å². The molecule has 4 heteroatoms. The molecule has 0 aromatic heterocycles. The van der Waals surface area contributed by atoms with Crippen molar-refractivity contribution in [3.63, 3.8) is 0 Å². The van der Waals surface area contributed by atoms with E-state index in [0.717, 1.165) is 15.5 Å². The monoisotopic (exact) mass is 186 g/mol. The highest BCUT2D eigenvalue weighted by atomic mass is 32.2. The molecule has 0 saturated carbocycles. The lowest BCUT2D eigenvalue weighted by molar-refractivity contribution is 1.23. The highest BCUT2D eigenvalue weighted by molar-refractivity contribution is 7.98. The minimum atomic E-state index is 0.874. The second kappa shape index (κ2) is 3.90. The van der Waals surface area contributed by atoms with Crippen molar-refractivity contribution in [1.29, 1.82) is 0 Å². The Morgan fingerprint density at radius 3 is 2.73 bits per heavy atom. The molecule has 11 heavy (non-hydrogen) atoms. The van der Waals surface area contributed by atoms with Crippen LogP contribution in [0.25, 0.3) is 0 Å². The van der Waals surface area contributed by atoms with Crippen LogP contribution in [0.1, 0.15) is 0 Å². The number of rotatable bonds is 2. The summed E-state index contributed by atoms with van der Waals surface area (Å²) in [5.41, 5.74) is 3.51. The van der Waals surface area contributed by atoms with E-state index in [-0.39, 0.29) is 0 Å². The lowest BCUT2D eigenvalue weighted by Crippen LogP contribution is -2.08. The number of thioether (sulfide) groups is 1. The van der Waals surface area contributed by atoms with E-state index in [1.165, 1.54) is 0 Å². The van der Waals surface area contributed by atoms with E-state index < -0.39 is 0 Å². The standard InChI is InChI=1S/C7H10N2S2/c1-11-6-4-2-3-5(10)7(6)9-8/h2-4,9-10H,8H2,1H3. The van der Waals surface area contributed by atoms with Crippen molar-refractivity contribution in [2.75, 3.05) is 11.7 Å². The molecule has 0 heterocycles. The predicted molar refractivity (Wildman–Crippen MR) is 53.3 cm³/mol. The van der Waals surface area contributed by atoms with Crippen LogP contribution in [-0.4, -0.2) is 6.26 Å². The molecule has 1 aromatic carbocycles. The number of para-hydroxylation sites is 1. The third-order valence-electron chi connectivity index (χ3n) is 1.37. The van der Waals surface area contributed by atoms with Gasteiger partial charge in [-0.25, -0.2) is 0 Å². The molecule has 0 atom stereocenters. The molecule has 1 aromatic rings. The molecular weight excluding hydrogens is 176 g/mol. The summed E-state index contributed by atoms with van der Waals surface area (Å²) in [6.45, 7) is 0. The Morgan fingerprint density at radius 2 is 2.27 bits per heavy atom. The van der Waals surface area contributed by atoms with Gasteiger partial charge in [0, 0.05) is 9.79 Å². The zero-order valence-electron chi connectivity index (χ0n) is 6.16. The summed E-state index contributed by atoms with van der Waals surface area (Å²) in [4.78, 5) is 1.99. The van der Waals surface area contributed by atoms with Gasteiger partial charge < -0.3 is 5.43 Å². The number of nitrogen functional groups attached to an aromatic ring is 1. The summed E-state index contributed by atoms with van der Waals surface area (Å²) in [6, 6.07) is 5.85. The van der Waals surface area contributed by atoms with Crippen molar-refractivity contribution >= 4 is 30.1 Å². The average Bonchev–Trinajstić information content (AvgIpc) is 2.04. The molecule has 0 spiro atoms. The second-order valence-electron chi connectivity index (χ2n) is 2.00. The summed E-state index contributed by atoms with van der Waals surface area (Å²) in [7, 11) is 0. The SMILES string of the molecule is CSc1cccc(S)c1NN. The molecule has 0 aliphatic heterocycles. The van der Waals surface area contributed by atoms with E-state index in [1.807, 2.05) is 24.5 Å². The Balaban J connectivity index is 3.13. The summed E-state index contributed by atoms with van der Waals surface area (Å²) < 4.78 is 0. The van der Waals surface area contributed by atoms with E-state index in [0.29, 0.717) is 0 Å². The zero-order valence-corrected chi connectivity index (χ0v) is 7.88. The highest BCUT2D eigenvalue weighted by Gasteiger charge is 2.01. The Labute approximate surface area is 75.9 Å². The average molecular weight is 186 g/mol. The fraction of sp³-hybridized carbons (Fsp3) is 0.143. The second-order valence-corrected chi connectivity index (χ2v) is 3.33. The molecule has 0 fully saturated rings. The molecule has 3 N–H and O–H groups in total. The van der Waals surface area contributed by atoms with Crippen molar-refractivity contribution in [3.8, 4) is 0 Å². The van der Waals surface area contributed by atoms with E-state index in [2.05, 4.69) is 18.1 Å². The number of nitrogens with one attached hydrogen (secondary N) is 1. The van der Waals surface area contributed by atoms with Crippen molar-refractivity contribution in [2.45, 2.75) is 9.79 Å². The highest BCUT2D eigenvalue weighted by Crippen LogP contribution is 2.29. The van der Waals surface area contributed by atoms with Gasteiger partial charge in [0.1, 0.15) is 0 Å². The molecule has 0 bridgehead atoms. The largest absolute Gasteiger partial charge is 0.322 e. The van der Waals surface area contributed by atoms with Crippen LogP contribution in [0.4, 0.5) is 5.69 Å². The van der Waals surface area contributed by atoms with Gasteiger partial charge in [0.2, 0.25) is 0 Å². The number of hydrogen-bond donors (Lipinski definition) is 3. The number of nitrogens with two attached hydrogens (primary N) is 1.